The summed E-state index contributed by atoms with van der Waals surface area (Å²) in [5, 5.41) is 8.92. The minimum absolute atomic E-state index is 0.0117. The highest BCUT2D eigenvalue weighted by molar-refractivity contribution is 7.16. The lowest BCUT2D eigenvalue weighted by Gasteiger charge is -2.27. The molecule has 0 saturated carbocycles. The summed E-state index contributed by atoms with van der Waals surface area (Å²) in [6.45, 7) is 0. The Kier molecular flexibility index (Phi) is 3.47. The molecule has 25 heavy (non-hydrogen) atoms. The van der Waals surface area contributed by atoms with E-state index in [2.05, 4.69) is 15.6 Å². The summed E-state index contributed by atoms with van der Waals surface area (Å²) in [5.74, 6) is -0.0117. The van der Waals surface area contributed by atoms with Gasteiger partial charge >= 0.3 is 0 Å². The third-order valence-electron chi connectivity index (χ3n) is 4.96. The lowest BCUT2D eigenvalue weighted by Crippen LogP contribution is -2.38. The summed E-state index contributed by atoms with van der Waals surface area (Å²) in [4.78, 5) is 18.6. The van der Waals surface area contributed by atoms with E-state index in [1.54, 1.807) is 11.3 Å². The van der Waals surface area contributed by atoms with Gasteiger partial charge in [0.05, 0.1) is 11.1 Å². The molecule has 0 bridgehead atoms. The van der Waals surface area contributed by atoms with E-state index in [0.29, 0.717) is 5.15 Å². The van der Waals surface area contributed by atoms with Crippen LogP contribution in [-0.4, -0.2) is 10.9 Å². The third-order valence-corrected chi connectivity index (χ3v) is 6.49. The van der Waals surface area contributed by atoms with Gasteiger partial charge in [-0.1, -0.05) is 29.8 Å². The van der Waals surface area contributed by atoms with Gasteiger partial charge in [0.2, 0.25) is 0 Å². The molecular weight excluding hydrogens is 354 g/mol. The largest absolute Gasteiger partial charge is 0.353 e. The fourth-order valence-corrected chi connectivity index (χ4v) is 5.31. The topological polar surface area (TPSA) is 54.0 Å². The van der Waals surface area contributed by atoms with Crippen molar-refractivity contribution in [2.75, 3.05) is 5.32 Å². The van der Waals surface area contributed by atoms with E-state index in [0.717, 1.165) is 46.3 Å². The van der Waals surface area contributed by atoms with Gasteiger partial charge in [-0.15, -0.1) is 11.3 Å². The number of nitrogens with zero attached hydrogens (tertiary/aromatic N) is 1. The zero-order chi connectivity index (χ0) is 17.0. The van der Waals surface area contributed by atoms with E-state index < -0.39 is 0 Å². The molecule has 1 aromatic carbocycles. The van der Waals surface area contributed by atoms with Gasteiger partial charge in [0.15, 0.2) is 0 Å². The van der Waals surface area contributed by atoms with Crippen molar-refractivity contribution in [2.24, 2.45) is 0 Å². The zero-order valence-corrected chi connectivity index (χ0v) is 15.0. The summed E-state index contributed by atoms with van der Waals surface area (Å²) in [5.41, 5.74) is 3.72. The first-order valence-electron chi connectivity index (χ1n) is 8.48. The van der Waals surface area contributed by atoms with Crippen LogP contribution in [0.5, 0.6) is 0 Å². The van der Waals surface area contributed by atoms with Crippen LogP contribution in [-0.2, 0) is 12.8 Å². The maximum atomic E-state index is 12.8. The molecule has 0 radical (unpaired) electrons. The van der Waals surface area contributed by atoms with Gasteiger partial charge in [0.1, 0.15) is 16.3 Å². The van der Waals surface area contributed by atoms with E-state index in [-0.39, 0.29) is 12.1 Å². The summed E-state index contributed by atoms with van der Waals surface area (Å²) in [7, 11) is 0. The summed E-state index contributed by atoms with van der Waals surface area (Å²) >= 11 is 8.13. The van der Waals surface area contributed by atoms with Crippen molar-refractivity contribution < 1.29 is 4.79 Å². The van der Waals surface area contributed by atoms with Crippen LogP contribution < -0.4 is 10.6 Å². The van der Waals surface area contributed by atoms with Gasteiger partial charge < -0.3 is 10.6 Å². The first-order chi connectivity index (χ1) is 12.2. The van der Waals surface area contributed by atoms with Crippen molar-refractivity contribution >= 4 is 44.7 Å². The van der Waals surface area contributed by atoms with Crippen LogP contribution in [0.15, 0.2) is 30.3 Å². The lowest BCUT2D eigenvalue weighted by atomic mass is 9.94. The molecule has 1 amide bonds. The van der Waals surface area contributed by atoms with Crippen molar-refractivity contribution in [1.29, 1.82) is 0 Å². The number of hydrogen-bond acceptors (Lipinski definition) is 4. The maximum absolute atomic E-state index is 12.8. The number of amides is 1. The number of carbonyl (C=O) groups is 1. The molecular formula is C19H16ClN3OS. The number of rotatable bonds is 1. The Morgan fingerprint density at radius 3 is 2.92 bits per heavy atom. The van der Waals surface area contributed by atoms with Gasteiger partial charge in [-0.3, -0.25) is 4.79 Å². The molecule has 2 aliphatic rings. The number of aryl methyl sites for hydroxylation is 1. The van der Waals surface area contributed by atoms with Gasteiger partial charge in [0.25, 0.3) is 5.91 Å². The molecule has 3 aromatic rings. The number of fused-ring (bicyclic) bond motifs is 4. The van der Waals surface area contributed by atoms with Crippen LogP contribution in [0.1, 0.15) is 45.4 Å². The fraction of sp³-hybridized carbons (Fsp3) is 0.263. The number of hydrogen-bond donors (Lipinski definition) is 2. The molecule has 2 N–H and O–H groups in total. The Bertz CT molecular complexity index is 1010. The number of thiophene rings is 1. The van der Waals surface area contributed by atoms with Crippen molar-refractivity contribution in [3.63, 3.8) is 0 Å². The normalized spacial score (nSPS) is 19.1. The molecule has 1 atom stereocenters. The van der Waals surface area contributed by atoms with Crippen LogP contribution in [0.4, 0.5) is 5.00 Å². The quantitative estimate of drug-likeness (QED) is 0.612. The average Bonchev–Trinajstić information content (AvgIpc) is 3.00. The Balaban J connectivity index is 1.58. The van der Waals surface area contributed by atoms with Crippen molar-refractivity contribution in [2.45, 2.75) is 31.8 Å². The highest BCUT2D eigenvalue weighted by Gasteiger charge is 2.32. The Hall–Kier alpha value is -2.11. The molecule has 1 unspecified atom stereocenters. The maximum Gasteiger partial charge on any atom is 0.256 e. The summed E-state index contributed by atoms with van der Waals surface area (Å²) in [6, 6.07) is 9.85. The molecule has 0 fully saturated rings. The lowest BCUT2D eigenvalue weighted by molar-refractivity contribution is 0.0935. The van der Waals surface area contributed by atoms with E-state index >= 15 is 0 Å². The van der Waals surface area contributed by atoms with Crippen LogP contribution in [0.3, 0.4) is 0 Å². The van der Waals surface area contributed by atoms with E-state index in [1.165, 1.54) is 16.9 Å². The second-order valence-electron chi connectivity index (χ2n) is 6.53. The first-order valence-corrected chi connectivity index (χ1v) is 9.67. The van der Waals surface area contributed by atoms with E-state index in [4.69, 9.17) is 11.6 Å². The van der Waals surface area contributed by atoms with Crippen molar-refractivity contribution in [3.8, 4) is 0 Å². The Morgan fingerprint density at radius 1 is 1.16 bits per heavy atom. The minimum Gasteiger partial charge on any atom is -0.353 e. The highest BCUT2D eigenvalue weighted by Crippen LogP contribution is 2.42. The number of aromatic nitrogens is 1. The number of carbonyl (C=O) groups excluding carboxylic acids is 1. The Labute approximate surface area is 154 Å². The van der Waals surface area contributed by atoms with Crippen LogP contribution in [0, 0.1) is 0 Å². The summed E-state index contributed by atoms with van der Waals surface area (Å²) in [6.07, 6.45) is 4.08. The SMILES string of the molecule is O=C1NC(c2cc3ccccc3nc2Cl)Nc2sc3c(c21)CCCC3. The van der Waals surface area contributed by atoms with Gasteiger partial charge in [0, 0.05) is 15.8 Å². The molecule has 1 aliphatic heterocycles. The van der Waals surface area contributed by atoms with Crippen LogP contribution in [0.25, 0.3) is 10.9 Å². The van der Waals surface area contributed by atoms with Crippen LogP contribution >= 0.6 is 22.9 Å². The van der Waals surface area contributed by atoms with Crippen molar-refractivity contribution in [1.82, 2.24) is 10.3 Å². The van der Waals surface area contributed by atoms with E-state index in [9.17, 15) is 4.79 Å². The number of benzene rings is 1. The molecule has 2 aromatic heterocycles. The number of nitrogens with one attached hydrogen (secondary N) is 2. The predicted molar refractivity (Wildman–Crippen MR) is 102 cm³/mol. The predicted octanol–water partition coefficient (Wildman–Crippen LogP) is 4.68. The van der Waals surface area contributed by atoms with Gasteiger partial charge in [-0.25, -0.2) is 4.98 Å². The summed E-state index contributed by atoms with van der Waals surface area (Å²) < 4.78 is 0. The second-order valence-corrected chi connectivity index (χ2v) is 7.99. The standard InChI is InChI=1S/C19H16ClN3OS/c20-16-12(9-10-5-1-3-7-13(10)21-16)17-22-18(24)15-11-6-2-4-8-14(11)25-19(15)23-17/h1,3,5,7,9,17,23H,2,4,6,8H2,(H,22,24). The minimum atomic E-state index is -0.357. The Morgan fingerprint density at radius 2 is 2.00 bits per heavy atom. The highest BCUT2D eigenvalue weighted by atomic mass is 35.5. The van der Waals surface area contributed by atoms with Gasteiger partial charge in [-0.2, -0.15) is 0 Å². The molecule has 0 spiro atoms. The smallest absolute Gasteiger partial charge is 0.256 e. The van der Waals surface area contributed by atoms with E-state index in [1.807, 2.05) is 30.3 Å². The number of halogens is 1. The van der Waals surface area contributed by atoms with Gasteiger partial charge in [-0.05, 0) is 43.4 Å². The number of para-hydroxylation sites is 1. The molecule has 1 aliphatic carbocycles. The fourth-order valence-electron chi connectivity index (χ4n) is 3.74. The molecule has 6 heteroatoms. The molecule has 126 valence electrons. The molecule has 3 heterocycles. The number of anilines is 1. The zero-order valence-electron chi connectivity index (χ0n) is 13.4. The third kappa shape index (κ3) is 2.41. The monoisotopic (exact) mass is 369 g/mol. The first kappa shape index (κ1) is 15.2. The molecule has 4 nitrogen and oxygen atoms in total. The molecule has 5 rings (SSSR count). The average molecular weight is 370 g/mol. The number of pyridine rings is 1. The van der Waals surface area contributed by atoms with Crippen molar-refractivity contribution in [3.05, 3.63) is 57.1 Å². The van der Waals surface area contributed by atoms with Crippen LogP contribution in [0.2, 0.25) is 5.15 Å². The molecule has 0 saturated heterocycles. The second kappa shape index (κ2) is 5.71.